The molecule has 0 aromatic heterocycles. The normalized spacial score (nSPS) is 9.69. The van der Waals surface area contributed by atoms with Gasteiger partial charge in [-0.15, -0.1) is 0 Å². The van der Waals surface area contributed by atoms with Crippen molar-refractivity contribution in [3.63, 3.8) is 0 Å². The lowest BCUT2D eigenvalue weighted by Crippen LogP contribution is -2.10. The molecule has 70 valence electrons. The molecule has 0 aliphatic carbocycles. The van der Waals surface area contributed by atoms with Crippen LogP contribution in [0.15, 0.2) is 24.8 Å². The van der Waals surface area contributed by atoms with Gasteiger partial charge in [-0.05, 0) is 18.6 Å². The van der Waals surface area contributed by atoms with Gasteiger partial charge in [-0.3, -0.25) is 10.3 Å². The number of hydroxylamine groups is 1. The fourth-order valence-corrected chi connectivity index (χ4v) is 1.16. The lowest BCUT2D eigenvalue weighted by Gasteiger charge is -2.11. The first-order valence-electron chi connectivity index (χ1n) is 4.00. The summed E-state index contributed by atoms with van der Waals surface area (Å²) in [5.41, 5.74) is 11.9. The Balaban J connectivity index is 3.01. The summed E-state index contributed by atoms with van der Waals surface area (Å²) in [5.74, 6) is 0. The van der Waals surface area contributed by atoms with Crippen LogP contribution in [-0.2, 0) is 4.84 Å². The number of hydrogen-bond donors (Lipinski definition) is 2. The van der Waals surface area contributed by atoms with E-state index in [1.807, 2.05) is 25.1 Å². The highest BCUT2D eigenvalue weighted by molar-refractivity contribution is 5.69. The number of anilines is 1. The standard InChI is InChI=1S/C10H14N2O/c1-7-9(8(2)12-13-3)5-4-6-10(7)11/h4-6,12H,2,11H2,1,3H3. The molecule has 1 aromatic rings. The molecule has 3 heteroatoms. The van der Waals surface area contributed by atoms with Crippen molar-refractivity contribution in [1.82, 2.24) is 5.48 Å². The maximum Gasteiger partial charge on any atom is 0.0636 e. The van der Waals surface area contributed by atoms with E-state index in [-0.39, 0.29) is 0 Å². The Morgan fingerprint density at radius 3 is 2.85 bits per heavy atom. The molecule has 3 nitrogen and oxygen atoms in total. The lowest BCUT2D eigenvalue weighted by molar-refractivity contribution is 0.137. The van der Waals surface area contributed by atoms with Gasteiger partial charge in [0.05, 0.1) is 12.8 Å². The summed E-state index contributed by atoms with van der Waals surface area (Å²) in [6, 6.07) is 5.69. The lowest BCUT2D eigenvalue weighted by atomic mass is 10.1. The van der Waals surface area contributed by atoms with Crippen molar-refractivity contribution in [2.24, 2.45) is 0 Å². The molecular weight excluding hydrogens is 164 g/mol. The van der Waals surface area contributed by atoms with E-state index in [0.29, 0.717) is 5.70 Å². The Hall–Kier alpha value is -1.48. The van der Waals surface area contributed by atoms with E-state index < -0.39 is 0 Å². The average Bonchev–Trinajstić information content (AvgIpc) is 2.10. The van der Waals surface area contributed by atoms with Gasteiger partial charge in [-0.1, -0.05) is 18.7 Å². The number of nitrogens with two attached hydrogens (primary N) is 1. The molecule has 0 aliphatic rings. The van der Waals surface area contributed by atoms with Crippen molar-refractivity contribution >= 4 is 11.4 Å². The van der Waals surface area contributed by atoms with Crippen molar-refractivity contribution in [2.75, 3.05) is 12.8 Å². The molecule has 13 heavy (non-hydrogen) atoms. The van der Waals surface area contributed by atoms with Crippen molar-refractivity contribution in [3.05, 3.63) is 35.9 Å². The van der Waals surface area contributed by atoms with Gasteiger partial charge in [-0.25, -0.2) is 0 Å². The molecule has 1 rings (SSSR count). The van der Waals surface area contributed by atoms with Crippen LogP contribution >= 0.6 is 0 Å². The van der Waals surface area contributed by atoms with Crippen LogP contribution in [-0.4, -0.2) is 7.11 Å². The van der Waals surface area contributed by atoms with Crippen molar-refractivity contribution in [1.29, 1.82) is 0 Å². The highest BCUT2D eigenvalue weighted by atomic mass is 16.6. The molecule has 0 unspecified atom stereocenters. The Morgan fingerprint density at radius 2 is 2.23 bits per heavy atom. The topological polar surface area (TPSA) is 47.3 Å². The number of nitrogen functional groups attached to an aromatic ring is 1. The first-order valence-corrected chi connectivity index (χ1v) is 4.00. The zero-order chi connectivity index (χ0) is 9.84. The minimum absolute atomic E-state index is 0.715. The van der Waals surface area contributed by atoms with Gasteiger partial charge < -0.3 is 5.73 Å². The summed E-state index contributed by atoms with van der Waals surface area (Å²) in [7, 11) is 1.55. The van der Waals surface area contributed by atoms with E-state index in [4.69, 9.17) is 10.6 Å². The molecule has 0 atom stereocenters. The van der Waals surface area contributed by atoms with E-state index in [0.717, 1.165) is 16.8 Å². The van der Waals surface area contributed by atoms with Gasteiger partial charge in [0.1, 0.15) is 0 Å². The number of rotatable bonds is 3. The first-order chi connectivity index (χ1) is 6.16. The predicted octanol–water partition coefficient (Wildman–Crippen LogP) is 1.70. The fourth-order valence-electron chi connectivity index (χ4n) is 1.16. The van der Waals surface area contributed by atoms with Gasteiger partial charge in [-0.2, -0.15) is 0 Å². The van der Waals surface area contributed by atoms with Crippen LogP contribution < -0.4 is 11.2 Å². The third-order valence-corrected chi connectivity index (χ3v) is 1.93. The van der Waals surface area contributed by atoms with E-state index in [2.05, 4.69) is 12.1 Å². The predicted molar refractivity (Wildman–Crippen MR) is 54.8 cm³/mol. The third kappa shape index (κ3) is 2.00. The van der Waals surface area contributed by atoms with Crippen LogP contribution in [0, 0.1) is 6.92 Å². The zero-order valence-electron chi connectivity index (χ0n) is 7.92. The summed E-state index contributed by atoms with van der Waals surface area (Å²) < 4.78 is 0. The zero-order valence-corrected chi connectivity index (χ0v) is 7.92. The van der Waals surface area contributed by atoms with Gasteiger partial charge in [0.25, 0.3) is 0 Å². The molecular formula is C10H14N2O. The first kappa shape index (κ1) is 9.61. The Kier molecular flexibility index (Phi) is 2.93. The molecule has 0 saturated heterocycles. The molecule has 0 fully saturated rings. The minimum Gasteiger partial charge on any atom is -0.398 e. The van der Waals surface area contributed by atoms with Crippen molar-refractivity contribution < 1.29 is 4.84 Å². The summed E-state index contributed by atoms with van der Waals surface area (Å²) in [4.78, 5) is 4.76. The van der Waals surface area contributed by atoms with Crippen molar-refractivity contribution in [2.45, 2.75) is 6.92 Å². The van der Waals surface area contributed by atoms with Crippen LogP contribution in [0.4, 0.5) is 5.69 Å². The second kappa shape index (κ2) is 3.96. The molecule has 0 spiro atoms. The second-order valence-corrected chi connectivity index (χ2v) is 2.80. The smallest absolute Gasteiger partial charge is 0.0636 e. The number of hydrogen-bond acceptors (Lipinski definition) is 3. The van der Waals surface area contributed by atoms with Crippen LogP contribution in [0.1, 0.15) is 11.1 Å². The molecule has 0 amide bonds. The van der Waals surface area contributed by atoms with Gasteiger partial charge in [0.2, 0.25) is 0 Å². The molecule has 0 aliphatic heterocycles. The SMILES string of the molecule is C=C(NOC)c1cccc(N)c1C. The quantitative estimate of drug-likeness (QED) is 0.547. The molecule has 0 radical (unpaired) electrons. The molecule has 1 aromatic carbocycles. The van der Waals surface area contributed by atoms with Gasteiger partial charge >= 0.3 is 0 Å². The maximum atomic E-state index is 5.74. The van der Waals surface area contributed by atoms with Crippen molar-refractivity contribution in [3.8, 4) is 0 Å². The maximum absolute atomic E-state index is 5.74. The van der Waals surface area contributed by atoms with E-state index in [9.17, 15) is 0 Å². The molecule has 0 saturated carbocycles. The number of benzene rings is 1. The molecule has 0 heterocycles. The third-order valence-electron chi connectivity index (χ3n) is 1.93. The highest BCUT2D eigenvalue weighted by Gasteiger charge is 2.03. The summed E-state index contributed by atoms with van der Waals surface area (Å²) in [6.45, 7) is 5.78. The summed E-state index contributed by atoms with van der Waals surface area (Å²) >= 11 is 0. The number of nitrogens with one attached hydrogen (secondary N) is 1. The van der Waals surface area contributed by atoms with Gasteiger partial charge in [0, 0.05) is 11.3 Å². The van der Waals surface area contributed by atoms with Crippen LogP contribution in [0.25, 0.3) is 5.70 Å². The monoisotopic (exact) mass is 178 g/mol. The van der Waals surface area contributed by atoms with Gasteiger partial charge in [0.15, 0.2) is 0 Å². The minimum atomic E-state index is 0.715. The summed E-state index contributed by atoms with van der Waals surface area (Å²) in [6.07, 6.45) is 0. The fraction of sp³-hybridized carbons (Fsp3) is 0.200. The second-order valence-electron chi connectivity index (χ2n) is 2.80. The largest absolute Gasteiger partial charge is 0.398 e. The Bertz CT molecular complexity index is 321. The molecule has 0 bridgehead atoms. The summed E-state index contributed by atoms with van der Waals surface area (Å²) in [5, 5.41) is 0. The Morgan fingerprint density at radius 1 is 1.54 bits per heavy atom. The average molecular weight is 178 g/mol. The van der Waals surface area contributed by atoms with E-state index in [1.54, 1.807) is 7.11 Å². The van der Waals surface area contributed by atoms with E-state index in [1.165, 1.54) is 0 Å². The van der Waals surface area contributed by atoms with E-state index >= 15 is 0 Å². The van der Waals surface area contributed by atoms with Crippen LogP contribution in [0.5, 0.6) is 0 Å². The molecule has 3 N–H and O–H groups in total. The Labute approximate surface area is 78.2 Å². The highest BCUT2D eigenvalue weighted by Crippen LogP contribution is 2.20. The van der Waals surface area contributed by atoms with Crippen LogP contribution in [0.2, 0.25) is 0 Å². The van der Waals surface area contributed by atoms with Crippen LogP contribution in [0.3, 0.4) is 0 Å².